The van der Waals surface area contributed by atoms with Crippen molar-refractivity contribution < 1.29 is 14.6 Å². The van der Waals surface area contributed by atoms with Gasteiger partial charge in [-0.05, 0) is 42.2 Å². The number of rotatable bonds is 6. The molecule has 0 heterocycles. The van der Waals surface area contributed by atoms with Crippen LogP contribution in [0.4, 0.5) is 4.79 Å². The van der Waals surface area contributed by atoms with Crippen LogP contribution < -0.4 is 5.32 Å². The molecule has 0 aromatic heterocycles. The highest BCUT2D eigenvalue weighted by Gasteiger charge is 2.00. The lowest BCUT2D eigenvalue weighted by Crippen LogP contribution is -2.24. The van der Waals surface area contributed by atoms with Gasteiger partial charge in [-0.15, -0.1) is 0 Å². The lowest BCUT2D eigenvalue weighted by atomic mass is 10.1. The highest BCUT2D eigenvalue weighted by atomic mass is 16.5. The number of nitrogens with one attached hydrogen (secondary N) is 1. The summed E-state index contributed by atoms with van der Waals surface area (Å²) in [5.74, 6) is 0.257. The van der Waals surface area contributed by atoms with Gasteiger partial charge in [-0.2, -0.15) is 0 Å². The minimum Gasteiger partial charge on any atom is -0.508 e. The van der Waals surface area contributed by atoms with Crippen molar-refractivity contribution in [2.75, 3.05) is 6.54 Å². The molecular formula is C19H21NO3. The number of aromatic hydroxyl groups is 1. The van der Waals surface area contributed by atoms with Crippen LogP contribution in [0.2, 0.25) is 0 Å². The van der Waals surface area contributed by atoms with Crippen LogP contribution in [0.3, 0.4) is 0 Å². The summed E-state index contributed by atoms with van der Waals surface area (Å²) < 4.78 is 5.12. The van der Waals surface area contributed by atoms with Gasteiger partial charge >= 0.3 is 6.09 Å². The number of carbonyl (C=O) groups is 1. The molecule has 0 saturated heterocycles. The zero-order valence-corrected chi connectivity index (χ0v) is 13.2. The Kier molecular flexibility index (Phi) is 6.24. The molecule has 2 aromatic carbocycles. The maximum Gasteiger partial charge on any atom is 0.407 e. The van der Waals surface area contributed by atoms with Crippen molar-refractivity contribution in [3.63, 3.8) is 0 Å². The van der Waals surface area contributed by atoms with Crippen LogP contribution in [-0.2, 0) is 11.3 Å². The molecule has 0 unspecified atom stereocenters. The Balaban J connectivity index is 1.66. The number of hydrogen-bond acceptors (Lipinski definition) is 3. The van der Waals surface area contributed by atoms with Crippen molar-refractivity contribution in [2.24, 2.45) is 0 Å². The summed E-state index contributed by atoms with van der Waals surface area (Å²) in [6.07, 6.45) is 4.14. The van der Waals surface area contributed by atoms with E-state index in [2.05, 4.69) is 5.32 Å². The first-order chi connectivity index (χ1) is 11.1. The molecular weight excluding hydrogens is 290 g/mol. The Morgan fingerprint density at radius 3 is 2.74 bits per heavy atom. The van der Waals surface area contributed by atoms with E-state index < -0.39 is 6.09 Å². The van der Waals surface area contributed by atoms with Gasteiger partial charge in [-0.25, -0.2) is 4.79 Å². The van der Waals surface area contributed by atoms with E-state index in [0.717, 1.165) is 16.7 Å². The Morgan fingerprint density at radius 2 is 2.00 bits per heavy atom. The van der Waals surface area contributed by atoms with Crippen molar-refractivity contribution in [1.29, 1.82) is 0 Å². The zero-order valence-electron chi connectivity index (χ0n) is 13.2. The maximum atomic E-state index is 11.5. The Hall–Kier alpha value is -2.75. The standard InChI is InChI=1S/C19H21NO3/c1-15-11-17(13-18(21)12-15)9-5-6-10-20-19(22)23-14-16-7-3-2-4-8-16/h2-5,7-9,11-13,21H,6,10,14H2,1H3,(H,20,22). The largest absolute Gasteiger partial charge is 0.508 e. The van der Waals surface area contributed by atoms with Crippen LogP contribution >= 0.6 is 0 Å². The van der Waals surface area contributed by atoms with Crippen LogP contribution in [-0.4, -0.2) is 17.7 Å². The molecule has 0 aliphatic rings. The SMILES string of the molecule is Cc1cc(O)cc(C=CCCNC(=O)OCc2ccccc2)c1. The lowest BCUT2D eigenvalue weighted by Gasteiger charge is -2.06. The minimum absolute atomic E-state index is 0.257. The van der Waals surface area contributed by atoms with E-state index in [9.17, 15) is 9.90 Å². The first kappa shape index (κ1) is 16.6. The average molecular weight is 311 g/mol. The summed E-state index contributed by atoms with van der Waals surface area (Å²) in [7, 11) is 0. The quantitative estimate of drug-likeness (QED) is 0.792. The van der Waals surface area contributed by atoms with Gasteiger partial charge in [0.1, 0.15) is 12.4 Å². The molecule has 0 fully saturated rings. The summed E-state index contributed by atoms with van der Waals surface area (Å²) >= 11 is 0. The topological polar surface area (TPSA) is 58.6 Å². The molecule has 0 spiro atoms. The van der Waals surface area contributed by atoms with E-state index >= 15 is 0 Å². The highest BCUT2D eigenvalue weighted by Crippen LogP contribution is 2.16. The highest BCUT2D eigenvalue weighted by molar-refractivity contribution is 5.67. The van der Waals surface area contributed by atoms with Gasteiger partial charge in [0, 0.05) is 6.54 Å². The monoisotopic (exact) mass is 311 g/mol. The first-order valence-electron chi connectivity index (χ1n) is 7.55. The molecule has 4 heteroatoms. The normalized spacial score (nSPS) is 10.7. The number of ether oxygens (including phenoxy) is 1. The number of amides is 1. The van der Waals surface area contributed by atoms with Crippen molar-refractivity contribution in [1.82, 2.24) is 5.32 Å². The van der Waals surface area contributed by atoms with Crippen LogP contribution in [0.1, 0.15) is 23.1 Å². The molecule has 1 amide bonds. The van der Waals surface area contributed by atoms with E-state index in [1.807, 2.05) is 55.5 Å². The van der Waals surface area contributed by atoms with Gasteiger partial charge in [-0.1, -0.05) is 48.6 Å². The second-order valence-corrected chi connectivity index (χ2v) is 5.28. The third kappa shape index (κ3) is 6.26. The molecule has 120 valence electrons. The number of aryl methyl sites for hydroxylation is 1. The third-order valence-electron chi connectivity index (χ3n) is 3.19. The fourth-order valence-corrected chi connectivity index (χ4v) is 2.14. The molecule has 0 radical (unpaired) electrons. The number of hydrogen-bond donors (Lipinski definition) is 2. The molecule has 23 heavy (non-hydrogen) atoms. The van der Waals surface area contributed by atoms with E-state index in [4.69, 9.17) is 4.74 Å². The van der Waals surface area contributed by atoms with Crippen LogP contribution in [0.5, 0.6) is 5.75 Å². The van der Waals surface area contributed by atoms with Crippen LogP contribution in [0, 0.1) is 6.92 Å². The fourth-order valence-electron chi connectivity index (χ4n) is 2.14. The molecule has 0 atom stereocenters. The van der Waals surface area contributed by atoms with E-state index in [-0.39, 0.29) is 12.4 Å². The maximum absolute atomic E-state index is 11.5. The molecule has 0 aliphatic heterocycles. The summed E-state index contributed by atoms with van der Waals surface area (Å²) in [4.78, 5) is 11.5. The molecule has 0 bridgehead atoms. The summed E-state index contributed by atoms with van der Waals surface area (Å²) in [6.45, 7) is 2.70. The molecule has 0 saturated carbocycles. The Labute approximate surface area is 136 Å². The number of benzene rings is 2. The van der Waals surface area contributed by atoms with Gasteiger partial charge in [0.25, 0.3) is 0 Å². The van der Waals surface area contributed by atoms with Gasteiger partial charge in [0.05, 0.1) is 0 Å². The smallest absolute Gasteiger partial charge is 0.407 e. The average Bonchev–Trinajstić information content (AvgIpc) is 2.53. The van der Waals surface area contributed by atoms with Crippen molar-refractivity contribution >= 4 is 12.2 Å². The van der Waals surface area contributed by atoms with E-state index in [1.54, 1.807) is 12.1 Å². The molecule has 2 aromatic rings. The van der Waals surface area contributed by atoms with E-state index in [1.165, 1.54) is 0 Å². The molecule has 2 N–H and O–H groups in total. The summed E-state index contributed by atoms with van der Waals surface area (Å²) in [5, 5.41) is 12.2. The van der Waals surface area contributed by atoms with Gasteiger partial charge in [-0.3, -0.25) is 0 Å². The molecule has 4 nitrogen and oxygen atoms in total. The van der Waals surface area contributed by atoms with Gasteiger partial charge in [0.15, 0.2) is 0 Å². The van der Waals surface area contributed by atoms with Crippen LogP contribution in [0.15, 0.2) is 54.6 Å². The van der Waals surface area contributed by atoms with E-state index in [0.29, 0.717) is 13.0 Å². The van der Waals surface area contributed by atoms with Gasteiger partial charge < -0.3 is 15.2 Å². The molecule has 2 rings (SSSR count). The number of phenolic OH excluding ortho intramolecular Hbond substituents is 1. The lowest BCUT2D eigenvalue weighted by molar-refractivity contribution is 0.140. The van der Waals surface area contributed by atoms with Crippen molar-refractivity contribution in [2.45, 2.75) is 20.0 Å². The second-order valence-electron chi connectivity index (χ2n) is 5.28. The van der Waals surface area contributed by atoms with Crippen molar-refractivity contribution in [3.05, 3.63) is 71.3 Å². The van der Waals surface area contributed by atoms with Crippen molar-refractivity contribution in [3.8, 4) is 5.75 Å². The van der Waals surface area contributed by atoms with Crippen LogP contribution in [0.25, 0.3) is 6.08 Å². The molecule has 0 aliphatic carbocycles. The number of alkyl carbamates (subject to hydrolysis) is 1. The second kappa shape index (κ2) is 8.63. The third-order valence-corrected chi connectivity index (χ3v) is 3.19. The Morgan fingerprint density at radius 1 is 1.22 bits per heavy atom. The fraction of sp³-hybridized carbons (Fsp3) is 0.211. The Bertz CT molecular complexity index is 645. The zero-order chi connectivity index (χ0) is 16.5. The summed E-state index contributed by atoms with van der Waals surface area (Å²) in [5.41, 5.74) is 2.91. The predicted molar refractivity (Wildman–Crippen MR) is 91.1 cm³/mol. The number of carbonyl (C=O) groups excluding carboxylic acids is 1. The van der Waals surface area contributed by atoms with Gasteiger partial charge in [0.2, 0.25) is 0 Å². The number of phenols is 1. The first-order valence-corrected chi connectivity index (χ1v) is 7.55. The summed E-state index contributed by atoms with van der Waals surface area (Å²) in [6, 6.07) is 14.9. The minimum atomic E-state index is -0.421. The predicted octanol–water partition coefficient (Wildman–Crippen LogP) is 4.03.